The molecule has 0 aromatic heterocycles. The van der Waals surface area contributed by atoms with Gasteiger partial charge >= 0.3 is 0 Å². The van der Waals surface area contributed by atoms with Crippen molar-refractivity contribution in [2.24, 2.45) is 5.73 Å². The molecule has 18 heavy (non-hydrogen) atoms. The van der Waals surface area contributed by atoms with Crippen LogP contribution in [0.5, 0.6) is 0 Å². The molecule has 0 heterocycles. The highest BCUT2D eigenvalue weighted by atomic mass is 16.5. The highest BCUT2D eigenvalue weighted by molar-refractivity contribution is 5.74. The van der Waals surface area contributed by atoms with Gasteiger partial charge < -0.3 is 15.8 Å². The van der Waals surface area contributed by atoms with E-state index in [0.717, 1.165) is 5.56 Å². The maximum atomic E-state index is 10.4. The summed E-state index contributed by atoms with van der Waals surface area (Å²) in [5.41, 5.74) is 6.69. The van der Waals surface area contributed by atoms with E-state index >= 15 is 0 Å². The number of hydrogen-bond acceptors (Lipinski definition) is 4. The molecule has 1 amide bonds. The van der Waals surface area contributed by atoms with Crippen LogP contribution < -0.4 is 11.1 Å². The number of ether oxygens (including phenoxy) is 1. The molecule has 0 aliphatic heterocycles. The molecule has 1 aromatic rings. The highest BCUT2D eigenvalue weighted by Crippen LogP contribution is 2.12. The normalized spacial score (nSPS) is 11.8. The van der Waals surface area contributed by atoms with Crippen molar-refractivity contribution in [1.82, 2.24) is 5.32 Å². The minimum absolute atomic E-state index is 0.0487. The molecule has 0 aliphatic carbocycles. The van der Waals surface area contributed by atoms with Crippen molar-refractivity contribution in [3.63, 3.8) is 0 Å². The van der Waals surface area contributed by atoms with E-state index in [1.54, 1.807) is 12.1 Å². The highest BCUT2D eigenvalue weighted by Gasteiger charge is 2.04. The van der Waals surface area contributed by atoms with Crippen LogP contribution in [-0.4, -0.2) is 25.7 Å². The molecule has 0 radical (unpaired) electrons. The Morgan fingerprint density at radius 1 is 1.50 bits per heavy atom. The van der Waals surface area contributed by atoms with E-state index in [0.29, 0.717) is 18.7 Å². The second kappa shape index (κ2) is 7.43. The molecule has 96 valence electrons. The minimum atomic E-state index is -0.463. The summed E-state index contributed by atoms with van der Waals surface area (Å²) < 4.78 is 5.04. The van der Waals surface area contributed by atoms with Crippen molar-refractivity contribution in [3.05, 3.63) is 35.4 Å². The van der Waals surface area contributed by atoms with Crippen molar-refractivity contribution in [1.29, 1.82) is 5.26 Å². The lowest BCUT2D eigenvalue weighted by Gasteiger charge is -2.14. The van der Waals surface area contributed by atoms with Crippen LogP contribution in [-0.2, 0) is 9.53 Å². The molecule has 0 fully saturated rings. The average molecular weight is 247 g/mol. The fourth-order valence-corrected chi connectivity index (χ4v) is 1.48. The van der Waals surface area contributed by atoms with Gasteiger partial charge in [0.1, 0.15) is 6.61 Å². The first-order chi connectivity index (χ1) is 8.63. The van der Waals surface area contributed by atoms with Crippen molar-refractivity contribution < 1.29 is 9.53 Å². The molecule has 5 nitrogen and oxygen atoms in total. The number of nitriles is 1. The van der Waals surface area contributed by atoms with Crippen LogP contribution in [0, 0.1) is 11.3 Å². The second-order valence-corrected chi connectivity index (χ2v) is 3.93. The van der Waals surface area contributed by atoms with Crippen molar-refractivity contribution in [3.8, 4) is 6.07 Å². The fourth-order valence-electron chi connectivity index (χ4n) is 1.48. The molecule has 1 atom stereocenters. The van der Waals surface area contributed by atoms with E-state index in [1.165, 1.54) is 0 Å². The lowest BCUT2D eigenvalue weighted by molar-refractivity contribution is -0.122. The van der Waals surface area contributed by atoms with Gasteiger partial charge in [0.25, 0.3) is 0 Å². The van der Waals surface area contributed by atoms with Gasteiger partial charge in [-0.1, -0.05) is 12.1 Å². The minimum Gasteiger partial charge on any atom is -0.370 e. The third-order valence-corrected chi connectivity index (χ3v) is 2.48. The topological polar surface area (TPSA) is 88.1 Å². The lowest BCUT2D eigenvalue weighted by atomic mass is 10.1. The Labute approximate surface area is 107 Å². The van der Waals surface area contributed by atoms with Gasteiger partial charge in [0.2, 0.25) is 5.91 Å². The van der Waals surface area contributed by atoms with Crippen LogP contribution in [0.3, 0.4) is 0 Å². The number of carbonyl (C=O) groups excluding carboxylic acids is 1. The summed E-state index contributed by atoms with van der Waals surface area (Å²) in [7, 11) is 0. The van der Waals surface area contributed by atoms with Crippen LogP contribution in [0.1, 0.15) is 24.1 Å². The third-order valence-electron chi connectivity index (χ3n) is 2.48. The van der Waals surface area contributed by atoms with Gasteiger partial charge in [-0.2, -0.15) is 5.26 Å². The van der Waals surface area contributed by atoms with Gasteiger partial charge in [-0.3, -0.25) is 4.79 Å². The second-order valence-electron chi connectivity index (χ2n) is 3.93. The van der Waals surface area contributed by atoms with E-state index in [9.17, 15) is 4.79 Å². The zero-order valence-electron chi connectivity index (χ0n) is 10.3. The Hall–Kier alpha value is -1.90. The predicted molar refractivity (Wildman–Crippen MR) is 67.6 cm³/mol. The van der Waals surface area contributed by atoms with Gasteiger partial charge in [-0.25, -0.2) is 0 Å². The number of nitrogens with two attached hydrogens (primary N) is 1. The number of nitrogens with zero attached hydrogens (tertiary/aromatic N) is 1. The predicted octanol–water partition coefficient (Wildman–Crippen LogP) is 0.711. The summed E-state index contributed by atoms with van der Waals surface area (Å²) in [5, 5.41) is 11.9. The number of hydrogen-bond donors (Lipinski definition) is 2. The maximum Gasteiger partial charge on any atom is 0.243 e. The zero-order chi connectivity index (χ0) is 13.4. The van der Waals surface area contributed by atoms with Crippen LogP contribution in [0.25, 0.3) is 0 Å². The number of rotatable bonds is 7. The quantitative estimate of drug-likeness (QED) is 0.694. The maximum absolute atomic E-state index is 10.4. The number of benzene rings is 1. The van der Waals surface area contributed by atoms with Crippen LogP contribution >= 0.6 is 0 Å². The Bertz CT molecular complexity index is 423. The third kappa shape index (κ3) is 4.95. The molecule has 0 saturated carbocycles. The van der Waals surface area contributed by atoms with Crippen molar-refractivity contribution >= 4 is 5.91 Å². The Morgan fingerprint density at radius 3 is 2.72 bits per heavy atom. The summed E-state index contributed by atoms with van der Waals surface area (Å²) >= 11 is 0. The Balaban J connectivity index is 2.29. The van der Waals surface area contributed by atoms with E-state index in [4.69, 9.17) is 15.7 Å². The first-order valence-electron chi connectivity index (χ1n) is 5.73. The number of primary amides is 1. The molecule has 0 bridgehead atoms. The molecule has 0 aliphatic rings. The zero-order valence-corrected chi connectivity index (χ0v) is 10.3. The van der Waals surface area contributed by atoms with Crippen LogP contribution in [0.15, 0.2) is 24.3 Å². The fraction of sp³-hybridized carbons (Fsp3) is 0.385. The van der Waals surface area contributed by atoms with Crippen molar-refractivity contribution in [2.75, 3.05) is 19.8 Å². The van der Waals surface area contributed by atoms with Gasteiger partial charge in [-0.15, -0.1) is 0 Å². The SMILES string of the molecule is CC(NCCOCC(N)=O)c1ccc(C#N)cc1. The van der Waals surface area contributed by atoms with Crippen LogP contribution in [0.4, 0.5) is 0 Å². The van der Waals surface area contributed by atoms with E-state index in [2.05, 4.69) is 11.4 Å². The molecular formula is C13H17N3O2. The average Bonchev–Trinajstić information content (AvgIpc) is 2.38. The first-order valence-corrected chi connectivity index (χ1v) is 5.73. The number of nitrogens with one attached hydrogen (secondary N) is 1. The summed E-state index contributed by atoms with van der Waals surface area (Å²) in [5.74, 6) is -0.463. The Kier molecular flexibility index (Phi) is 5.85. The lowest BCUT2D eigenvalue weighted by Crippen LogP contribution is -2.25. The van der Waals surface area contributed by atoms with Gasteiger partial charge in [0, 0.05) is 12.6 Å². The summed E-state index contributed by atoms with van der Waals surface area (Å²) in [6, 6.07) is 9.65. The summed E-state index contributed by atoms with van der Waals surface area (Å²) in [6.07, 6.45) is 0. The number of carbonyl (C=O) groups is 1. The van der Waals surface area contributed by atoms with E-state index < -0.39 is 5.91 Å². The van der Waals surface area contributed by atoms with Gasteiger partial charge in [0.05, 0.1) is 18.2 Å². The van der Waals surface area contributed by atoms with Crippen LogP contribution in [0.2, 0.25) is 0 Å². The molecule has 5 heteroatoms. The van der Waals surface area contributed by atoms with Crippen molar-refractivity contribution in [2.45, 2.75) is 13.0 Å². The molecule has 1 rings (SSSR count). The molecular weight excluding hydrogens is 230 g/mol. The van der Waals surface area contributed by atoms with E-state index in [-0.39, 0.29) is 12.6 Å². The Morgan fingerprint density at radius 2 is 2.17 bits per heavy atom. The summed E-state index contributed by atoms with van der Waals surface area (Å²) in [4.78, 5) is 10.4. The standard InChI is InChI=1S/C13H17N3O2/c1-10(16-6-7-18-9-13(15)17)12-4-2-11(8-14)3-5-12/h2-5,10,16H,6-7,9H2,1H3,(H2,15,17). The number of amides is 1. The first kappa shape index (κ1) is 14.2. The molecule has 0 spiro atoms. The van der Waals surface area contributed by atoms with Gasteiger partial charge in [0.15, 0.2) is 0 Å². The van der Waals surface area contributed by atoms with E-state index in [1.807, 2.05) is 19.1 Å². The monoisotopic (exact) mass is 247 g/mol. The molecule has 0 saturated heterocycles. The molecule has 1 unspecified atom stereocenters. The summed E-state index contributed by atoms with van der Waals surface area (Å²) in [6.45, 7) is 3.04. The van der Waals surface area contributed by atoms with Gasteiger partial charge in [-0.05, 0) is 24.6 Å². The smallest absolute Gasteiger partial charge is 0.243 e. The largest absolute Gasteiger partial charge is 0.370 e. The molecule has 1 aromatic carbocycles. The molecule has 3 N–H and O–H groups in total.